The van der Waals surface area contributed by atoms with Crippen molar-refractivity contribution in [3.8, 4) is 5.75 Å². The van der Waals surface area contributed by atoms with Crippen molar-refractivity contribution in [3.05, 3.63) is 46.5 Å². The molecule has 21 heavy (non-hydrogen) atoms. The van der Waals surface area contributed by atoms with Gasteiger partial charge in [-0.25, -0.2) is 5.84 Å². The second kappa shape index (κ2) is 6.67. The molecule has 0 fully saturated rings. The first-order valence-electron chi connectivity index (χ1n) is 6.42. The quantitative estimate of drug-likeness (QED) is 0.277. The van der Waals surface area contributed by atoms with Crippen LogP contribution in [0.2, 0.25) is 0 Å². The Labute approximate surface area is 120 Å². The van der Waals surface area contributed by atoms with Gasteiger partial charge in [0.25, 0.3) is 5.69 Å². The second-order valence-corrected chi connectivity index (χ2v) is 4.41. The molecule has 0 saturated heterocycles. The minimum absolute atomic E-state index is 0.0421. The van der Waals surface area contributed by atoms with Gasteiger partial charge in [0.05, 0.1) is 16.9 Å². The molecule has 0 spiro atoms. The van der Waals surface area contributed by atoms with Crippen molar-refractivity contribution in [3.63, 3.8) is 0 Å². The van der Waals surface area contributed by atoms with Crippen molar-refractivity contribution in [2.45, 2.75) is 12.8 Å². The van der Waals surface area contributed by atoms with E-state index < -0.39 is 4.92 Å². The number of ether oxygens (including phenoxy) is 1. The number of benzene rings is 2. The number of nitro benzene ring substituents is 1. The number of nitrogens with one attached hydrogen (secondary N) is 1. The van der Waals surface area contributed by atoms with Gasteiger partial charge in [-0.3, -0.25) is 20.3 Å². The lowest BCUT2D eigenvalue weighted by molar-refractivity contribution is -0.383. The van der Waals surface area contributed by atoms with Gasteiger partial charge in [-0.1, -0.05) is 18.2 Å². The molecule has 2 rings (SSSR count). The molecular formula is C14H15N3O4. The predicted octanol–water partition coefficient (Wildman–Crippen LogP) is 1.90. The summed E-state index contributed by atoms with van der Waals surface area (Å²) in [5, 5.41) is 12.2. The zero-order chi connectivity index (χ0) is 15.2. The summed E-state index contributed by atoms with van der Waals surface area (Å²) in [7, 11) is 0. The summed E-state index contributed by atoms with van der Waals surface area (Å²) < 4.78 is 5.61. The predicted molar refractivity (Wildman–Crippen MR) is 77.7 cm³/mol. The van der Waals surface area contributed by atoms with E-state index >= 15 is 0 Å². The molecule has 2 aromatic rings. The fourth-order valence-corrected chi connectivity index (χ4v) is 2.03. The van der Waals surface area contributed by atoms with Crippen LogP contribution in [0.25, 0.3) is 10.8 Å². The third kappa shape index (κ3) is 3.46. The molecule has 0 aliphatic carbocycles. The van der Waals surface area contributed by atoms with E-state index in [1.54, 1.807) is 30.3 Å². The van der Waals surface area contributed by atoms with E-state index in [1.807, 2.05) is 5.43 Å². The van der Waals surface area contributed by atoms with E-state index in [0.717, 1.165) is 0 Å². The average Bonchev–Trinajstić information content (AvgIpc) is 2.50. The summed E-state index contributed by atoms with van der Waals surface area (Å²) in [5.41, 5.74) is 2.09. The third-order valence-electron chi connectivity index (χ3n) is 3.02. The smallest absolute Gasteiger partial charge is 0.277 e. The number of hydrogen-bond acceptors (Lipinski definition) is 5. The van der Waals surface area contributed by atoms with Crippen LogP contribution in [0, 0.1) is 10.1 Å². The number of rotatable bonds is 6. The molecule has 0 aliphatic rings. The van der Waals surface area contributed by atoms with Crippen molar-refractivity contribution >= 4 is 22.4 Å². The van der Waals surface area contributed by atoms with Crippen LogP contribution in [0.1, 0.15) is 12.8 Å². The second-order valence-electron chi connectivity index (χ2n) is 4.41. The first-order valence-corrected chi connectivity index (χ1v) is 6.42. The van der Waals surface area contributed by atoms with Crippen LogP contribution in [0.5, 0.6) is 5.75 Å². The zero-order valence-corrected chi connectivity index (χ0v) is 11.2. The summed E-state index contributed by atoms with van der Waals surface area (Å²) in [4.78, 5) is 21.6. The number of fused-ring (bicyclic) bond motifs is 1. The minimum Gasteiger partial charge on any atom is -0.493 e. The maximum Gasteiger partial charge on any atom is 0.277 e. The summed E-state index contributed by atoms with van der Waals surface area (Å²) in [6.07, 6.45) is 0.774. The van der Waals surface area contributed by atoms with Crippen LogP contribution in [-0.4, -0.2) is 17.4 Å². The van der Waals surface area contributed by atoms with E-state index in [4.69, 9.17) is 10.6 Å². The van der Waals surface area contributed by atoms with Crippen LogP contribution in [0.15, 0.2) is 36.4 Å². The highest BCUT2D eigenvalue weighted by Gasteiger charge is 2.14. The molecule has 7 heteroatoms. The van der Waals surface area contributed by atoms with Gasteiger partial charge < -0.3 is 4.74 Å². The lowest BCUT2D eigenvalue weighted by Crippen LogP contribution is -2.29. The molecular weight excluding hydrogens is 274 g/mol. The number of nitrogens with two attached hydrogens (primary N) is 1. The highest BCUT2D eigenvalue weighted by molar-refractivity contribution is 5.95. The van der Waals surface area contributed by atoms with Crippen LogP contribution in [0.3, 0.4) is 0 Å². The molecule has 3 N–H and O–H groups in total. The summed E-state index contributed by atoms with van der Waals surface area (Å²) in [5.74, 6) is 5.28. The molecule has 0 atom stereocenters. The molecule has 2 aromatic carbocycles. The van der Waals surface area contributed by atoms with Gasteiger partial charge in [-0.2, -0.15) is 0 Å². The molecule has 0 bridgehead atoms. The molecule has 0 aromatic heterocycles. The topological polar surface area (TPSA) is 107 Å². The first kappa shape index (κ1) is 14.7. The molecule has 0 radical (unpaired) electrons. The highest BCUT2D eigenvalue weighted by Crippen LogP contribution is 2.32. The van der Waals surface area contributed by atoms with Crippen LogP contribution in [-0.2, 0) is 4.79 Å². The Bertz CT molecular complexity index is 672. The van der Waals surface area contributed by atoms with Crippen molar-refractivity contribution in [1.29, 1.82) is 0 Å². The van der Waals surface area contributed by atoms with E-state index in [2.05, 4.69) is 0 Å². The van der Waals surface area contributed by atoms with E-state index in [-0.39, 0.29) is 18.0 Å². The molecule has 0 aliphatic heterocycles. The van der Waals surface area contributed by atoms with E-state index in [0.29, 0.717) is 29.5 Å². The van der Waals surface area contributed by atoms with Gasteiger partial charge in [0.1, 0.15) is 5.75 Å². The van der Waals surface area contributed by atoms with Crippen molar-refractivity contribution < 1.29 is 14.5 Å². The monoisotopic (exact) mass is 289 g/mol. The van der Waals surface area contributed by atoms with Gasteiger partial charge in [-0.05, 0) is 18.6 Å². The summed E-state index contributed by atoms with van der Waals surface area (Å²) >= 11 is 0. The molecule has 7 nitrogen and oxygen atoms in total. The SMILES string of the molecule is NNC(=O)CCCOc1ccc([N+](=O)[O-])c2ccccc12. The lowest BCUT2D eigenvalue weighted by Gasteiger charge is -2.09. The van der Waals surface area contributed by atoms with Gasteiger partial charge in [-0.15, -0.1) is 0 Å². The Hall–Kier alpha value is -2.67. The standard InChI is InChI=1S/C14H15N3O4/c15-16-14(18)6-3-9-21-13-8-7-12(17(19)20)10-4-1-2-5-11(10)13/h1-2,4-5,7-8H,3,6,9,15H2,(H,16,18). The third-order valence-corrected chi connectivity index (χ3v) is 3.02. The molecule has 0 unspecified atom stereocenters. The summed E-state index contributed by atoms with van der Waals surface area (Å²) in [6.45, 7) is 0.329. The Balaban J connectivity index is 2.16. The normalized spacial score (nSPS) is 10.3. The fourth-order valence-electron chi connectivity index (χ4n) is 2.03. The molecule has 110 valence electrons. The Morgan fingerprint density at radius 2 is 1.95 bits per heavy atom. The number of nitrogens with zero attached hydrogens (tertiary/aromatic N) is 1. The fraction of sp³-hybridized carbons (Fsp3) is 0.214. The maximum atomic E-state index is 11.0. The van der Waals surface area contributed by atoms with Crippen LogP contribution in [0.4, 0.5) is 5.69 Å². The van der Waals surface area contributed by atoms with Crippen molar-refractivity contribution in [2.24, 2.45) is 5.84 Å². The molecule has 1 amide bonds. The Kier molecular flexibility index (Phi) is 4.68. The number of amides is 1. The van der Waals surface area contributed by atoms with E-state index in [1.165, 1.54) is 6.07 Å². The molecule has 0 heterocycles. The van der Waals surface area contributed by atoms with Gasteiger partial charge in [0.2, 0.25) is 5.91 Å². The van der Waals surface area contributed by atoms with Gasteiger partial charge in [0, 0.05) is 17.9 Å². The largest absolute Gasteiger partial charge is 0.493 e. The van der Waals surface area contributed by atoms with Crippen LogP contribution >= 0.6 is 0 Å². The number of carbonyl (C=O) groups excluding carboxylic acids is 1. The number of hydrogen-bond donors (Lipinski definition) is 2. The van der Waals surface area contributed by atoms with Crippen molar-refractivity contribution in [1.82, 2.24) is 5.43 Å². The van der Waals surface area contributed by atoms with Crippen LogP contribution < -0.4 is 16.0 Å². The Morgan fingerprint density at radius 3 is 2.62 bits per heavy atom. The molecule has 0 saturated carbocycles. The lowest BCUT2D eigenvalue weighted by atomic mass is 10.1. The number of hydrazine groups is 1. The Morgan fingerprint density at radius 1 is 1.24 bits per heavy atom. The minimum atomic E-state index is -0.419. The van der Waals surface area contributed by atoms with E-state index in [9.17, 15) is 14.9 Å². The van der Waals surface area contributed by atoms with Gasteiger partial charge >= 0.3 is 0 Å². The van der Waals surface area contributed by atoms with Crippen molar-refractivity contribution in [2.75, 3.05) is 6.61 Å². The number of non-ortho nitro benzene ring substituents is 1. The average molecular weight is 289 g/mol. The van der Waals surface area contributed by atoms with Gasteiger partial charge in [0.15, 0.2) is 0 Å². The maximum absolute atomic E-state index is 11.0. The number of nitro groups is 1. The summed E-state index contributed by atoms with van der Waals surface area (Å²) in [6, 6.07) is 9.98. The highest BCUT2D eigenvalue weighted by atomic mass is 16.6. The zero-order valence-electron chi connectivity index (χ0n) is 11.2. The number of carbonyl (C=O) groups is 1. The first-order chi connectivity index (χ1) is 10.1.